The lowest BCUT2D eigenvalue weighted by molar-refractivity contribution is -0.143. The van der Waals surface area contributed by atoms with Gasteiger partial charge in [-0.1, -0.05) is 18.2 Å². The van der Waals surface area contributed by atoms with E-state index >= 15 is 0 Å². The molecule has 0 unspecified atom stereocenters. The van der Waals surface area contributed by atoms with Gasteiger partial charge < -0.3 is 14.7 Å². The van der Waals surface area contributed by atoms with E-state index in [9.17, 15) is 9.59 Å². The number of carbonyl (C=O) groups is 2. The third-order valence-corrected chi connectivity index (χ3v) is 4.12. The molecular formula is C21H21N3O3. The van der Waals surface area contributed by atoms with E-state index in [2.05, 4.69) is 4.57 Å². The van der Waals surface area contributed by atoms with E-state index in [-0.39, 0.29) is 5.71 Å². The summed E-state index contributed by atoms with van der Waals surface area (Å²) in [7, 11) is 0. The highest BCUT2D eigenvalue weighted by atomic mass is 16.5. The first kappa shape index (κ1) is 19.9. The molecular weight excluding hydrogens is 342 g/mol. The number of aromatic nitrogens is 1. The topological polar surface area (TPSA) is 95.9 Å². The van der Waals surface area contributed by atoms with Crippen LogP contribution < -0.4 is 0 Å². The van der Waals surface area contributed by atoms with Crippen LogP contribution in [0.2, 0.25) is 0 Å². The van der Waals surface area contributed by atoms with Gasteiger partial charge in [0.25, 0.3) is 0 Å². The van der Waals surface area contributed by atoms with Crippen molar-refractivity contribution in [2.24, 2.45) is 5.92 Å². The molecule has 1 N–H and O–H groups in total. The number of Topliss-reactive ketones (excluding diaryl/α,β-unsaturated/α-hetero) is 1. The van der Waals surface area contributed by atoms with Crippen molar-refractivity contribution in [3.8, 4) is 11.8 Å². The number of nitrogens with zero attached hydrogens (tertiary/aromatic N) is 2. The summed E-state index contributed by atoms with van der Waals surface area (Å²) < 4.78 is 6.97. The van der Waals surface area contributed by atoms with E-state index in [1.807, 2.05) is 50.2 Å². The molecule has 0 spiro atoms. The number of nitriles is 1. The van der Waals surface area contributed by atoms with E-state index in [0.717, 1.165) is 22.6 Å². The molecule has 0 bridgehead atoms. The molecule has 0 saturated carbocycles. The highest BCUT2D eigenvalue weighted by Crippen LogP contribution is 2.21. The number of aryl methyl sites for hydroxylation is 1. The number of carbonyl (C=O) groups excluding carboxylic acids is 2. The second-order valence-corrected chi connectivity index (χ2v) is 6.15. The van der Waals surface area contributed by atoms with Crippen molar-refractivity contribution in [2.75, 3.05) is 6.61 Å². The summed E-state index contributed by atoms with van der Waals surface area (Å²) in [5.41, 5.74) is 3.83. The fraction of sp³-hybridized carbons (Fsp3) is 0.238. The number of benzene rings is 1. The fourth-order valence-corrected chi connectivity index (χ4v) is 2.77. The van der Waals surface area contributed by atoms with Crippen LogP contribution in [0.4, 0.5) is 0 Å². The summed E-state index contributed by atoms with van der Waals surface area (Å²) >= 11 is 0. The Kier molecular flexibility index (Phi) is 6.45. The Morgan fingerprint density at radius 1 is 1.30 bits per heavy atom. The molecule has 0 aliphatic rings. The molecule has 0 aliphatic carbocycles. The molecule has 2 aromatic rings. The summed E-state index contributed by atoms with van der Waals surface area (Å²) in [6, 6.07) is 13.6. The lowest BCUT2D eigenvalue weighted by Gasteiger charge is -2.09. The van der Waals surface area contributed by atoms with Crippen molar-refractivity contribution in [1.82, 2.24) is 4.57 Å². The second kappa shape index (κ2) is 8.77. The fourth-order valence-electron chi connectivity index (χ4n) is 2.77. The van der Waals surface area contributed by atoms with Gasteiger partial charge in [0.1, 0.15) is 5.92 Å². The van der Waals surface area contributed by atoms with E-state index < -0.39 is 24.3 Å². The quantitative estimate of drug-likeness (QED) is 0.463. The second-order valence-electron chi connectivity index (χ2n) is 6.15. The van der Waals surface area contributed by atoms with Gasteiger partial charge in [-0.05, 0) is 50.6 Å². The van der Waals surface area contributed by atoms with Crippen LogP contribution in [-0.2, 0) is 14.3 Å². The predicted octanol–water partition coefficient (Wildman–Crippen LogP) is 3.40. The molecule has 1 aromatic heterocycles. The molecule has 27 heavy (non-hydrogen) atoms. The van der Waals surface area contributed by atoms with Gasteiger partial charge in [0, 0.05) is 28.9 Å². The first-order chi connectivity index (χ1) is 12.8. The molecule has 0 radical (unpaired) electrons. The van der Waals surface area contributed by atoms with Crippen LogP contribution in [-0.4, -0.2) is 28.6 Å². The van der Waals surface area contributed by atoms with Crippen molar-refractivity contribution in [3.05, 3.63) is 59.4 Å². The molecule has 2 rings (SSSR count). The van der Waals surface area contributed by atoms with Crippen LogP contribution in [0.15, 0.2) is 42.5 Å². The minimum atomic E-state index is -1.17. The van der Waals surface area contributed by atoms with Crippen LogP contribution >= 0.6 is 0 Å². The normalized spacial score (nSPS) is 11.8. The van der Waals surface area contributed by atoms with Crippen molar-refractivity contribution in [2.45, 2.75) is 20.8 Å². The highest BCUT2D eigenvalue weighted by molar-refractivity contribution is 6.06. The average Bonchev–Trinajstić information content (AvgIpc) is 2.92. The van der Waals surface area contributed by atoms with Crippen LogP contribution in [0.25, 0.3) is 11.8 Å². The summed E-state index contributed by atoms with van der Waals surface area (Å²) in [6.07, 6.45) is 2.89. The van der Waals surface area contributed by atoms with Gasteiger partial charge in [-0.2, -0.15) is 5.26 Å². The monoisotopic (exact) mass is 363 g/mol. The van der Waals surface area contributed by atoms with Crippen LogP contribution in [0, 0.1) is 36.5 Å². The Balaban J connectivity index is 2.06. The molecule has 1 heterocycles. The van der Waals surface area contributed by atoms with Gasteiger partial charge in [0.2, 0.25) is 0 Å². The van der Waals surface area contributed by atoms with E-state index in [0.29, 0.717) is 0 Å². The maximum absolute atomic E-state index is 11.9. The summed E-state index contributed by atoms with van der Waals surface area (Å²) in [5, 5.41) is 16.2. The molecule has 0 saturated heterocycles. The molecule has 1 atom stereocenters. The Labute approximate surface area is 158 Å². The molecule has 0 aliphatic heterocycles. The Morgan fingerprint density at radius 3 is 2.56 bits per heavy atom. The number of para-hydroxylation sites is 1. The third kappa shape index (κ3) is 4.79. The Hall–Kier alpha value is -3.46. The summed E-state index contributed by atoms with van der Waals surface area (Å²) in [5.74, 6) is -2.45. The molecule has 0 fully saturated rings. The maximum atomic E-state index is 11.9. The van der Waals surface area contributed by atoms with Gasteiger partial charge in [-0.25, -0.2) is 4.79 Å². The third-order valence-electron chi connectivity index (χ3n) is 4.12. The number of hydrogen-bond acceptors (Lipinski definition) is 5. The van der Waals surface area contributed by atoms with Crippen LogP contribution in [0.5, 0.6) is 0 Å². The average molecular weight is 363 g/mol. The zero-order valence-electron chi connectivity index (χ0n) is 15.5. The number of rotatable bonds is 7. The van der Waals surface area contributed by atoms with Gasteiger partial charge in [0.05, 0.1) is 6.07 Å². The SMILES string of the molecule is CC(=N)[C@H](C#N)C(=O)COC(=O)/C=C/c1cc(C)n(-c2ccccc2)c1C. The highest BCUT2D eigenvalue weighted by Gasteiger charge is 2.21. The van der Waals surface area contributed by atoms with Crippen molar-refractivity contribution >= 4 is 23.5 Å². The number of ketones is 1. The molecule has 6 nitrogen and oxygen atoms in total. The van der Waals surface area contributed by atoms with Gasteiger partial charge in [-0.3, -0.25) is 4.79 Å². The molecule has 138 valence electrons. The lowest BCUT2D eigenvalue weighted by Crippen LogP contribution is -2.25. The van der Waals surface area contributed by atoms with E-state index in [1.165, 1.54) is 13.0 Å². The number of nitrogens with one attached hydrogen (secondary N) is 1. The minimum absolute atomic E-state index is 0.0672. The largest absolute Gasteiger partial charge is 0.454 e. The maximum Gasteiger partial charge on any atom is 0.331 e. The standard InChI is InChI=1S/C21H21N3O3/c1-14-11-17(16(3)24(14)18-7-5-4-6-8-18)9-10-21(26)27-13-20(25)19(12-22)15(2)23/h4-11,19,23H,13H2,1-3H3/b10-9+,23-15?/t19-/m0/s1. The van der Waals surface area contributed by atoms with Gasteiger partial charge >= 0.3 is 5.97 Å². The van der Waals surface area contributed by atoms with Crippen molar-refractivity contribution in [3.63, 3.8) is 0 Å². The Bertz CT molecular complexity index is 934. The van der Waals surface area contributed by atoms with Crippen LogP contribution in [0.3, 0.4) is 0 Å². The molecule has 6 heteroatoms. The van der Waals surface area contributed by atoms with Gasteiger partial charge in [0.15, 0.2) is 12.4 Å². The molecule has 0 amide bonds. The van der Waals surface area contributed by atoms with Crippen molar-refractivity contribution in [1.29, 1.82) is 10.7 Å². The predicted molar refractivity (Wildman–Crippen MR) is 103 cm³/mol. The minimum Gasteiger partial charge on any atom is -0.454 e. The zero-order chi connectivity index (χ0) is 20.0. The van der Waals surface area contributed by atoms with Crippen molar-refractivity contribution < 1.29 is 14.3 Å². The Morgan fingerprint density at radius 2 is 1.96 bits per heavy atom. The summed E-state index contributed by atoms with van der Waals surface area (Å²) in [6.45, 7) is 4.78. The lowest BCUT2D eigenvalue weighted by atomic mass is 10.0. The zero-order valence-corrected chi connectivity index (χ0v) is 15.5. The smallest absolute Gasteiger partial charge is 0.331 e. The number of hydrogen-bond donors (Lipinski definition) is 1. The summed E-state index contributed by atoms with van der Waals surface area (Å²) in [4.78, 5) is 23.7. The number of esters is 1. The van der Waals surface area contributed by atoms with Gasteiger partial charge in [-0.15, -0.1) is 0 Å². The first-order valence-corrected chi connectivity index (χ1v) is 8.41. The first-order valence-electron chi connectivity index (χ1n) is 8.41. The van der Waals surface area contributed by atoms with E-state index in [1.54, 1.807) is 12.1 Å². The van der Waals surface area contributed by atoms with E-state index in [4.69, 9.17) is 15.4 Å². The number of ether oxygens (including phenoxy) is 1. The molecule has 1 aromatic carbocycles. The van der Waals surface area contributed by atoms with Crippen LogP contribution in [0.1, 0.15) is 23.9 Å².